The fraction of sp³-hybridized carbons (Fsp3) is 0.133. The molecular formula is C15H11ClF3NO2. The zero-order valence-electron chi connectivity index (χ0n) is 11.2. The maximum Gasteiger partial charge on any atom is 0.573 e. The Morgan fingerprint density at radius 2 is 1.73 bits per heavy atom. The Morgan fingerprint density at radius 3 is 2.41 bits per heavy atom. The molecule has 1 amide bonds. The molecule has 0 saturated heterocycles. The van der Waals surface area contributed by atoms with Crippen molar-refractivity contribution in [2.24, 2.45) is 0 Å². The number of carbonyl (C=O) groups excluding carboxylic acids is 1. The lowest BCUT2D eigenvalue weighted by Crippen LogP contribution is -2.24. The van der Waals surface area contributed by atoms with E-state index in [0.29, 0.717) is 0 Å². The van der Waals surface area contributed by atoms with Crippen LogP contribution in [0.1, 0.15) is 15.9 Å². The molecule has 0 aliphatic carbocycles. The van der Waals surface area contributed by atoms with Crippen molar-refractivity contribution < 1.29 is 22.7 Å². The smallest absolute Gasteiger partial charge is 0.405 e. The van der Waals surface area contributed by atoms with Gasteiger partial charge in [-0.2, -0.15) is 0 Å². The molecular weight excluding hydrogens is 319 g/mol. The third kappa shape index (κ3) is 4.39. The van der Waals surface area contributed by atoms with Crippen molar-refractivity contribution in [2.45, 2.75) is 12.9 Å². The molecule has 7 heteroatoms. The van der Waals surface area contributed by atoms with Crippen LogP contribution in [0.5, 0.6) is 5.75 Å². The van der Waals surface area contributed by atoms with Gasteiger partial charge in [-0.3, -0.25) is 4.79 Å². The summed E-state index contributed by atoms with van der Waals surface area (Å²) in [4.78, 5) is 12.0. The number of amides is 1. The van der Waals surface area contributed by atoms with E-state index >= 15 is 0 Å². The third-order valence-electron chi connectivity index (χ3n) is 2.76. The summed E-state index contributed by atoms with van der Waals surface area (Å²) in [6.45, 7) is -0.115. The van der Waals surface area contributed by atoms with Crippen molar-refractivity contribution in [2.75, 3.05) is 0 Å². The average Bonchev–Trinajstić information content (AvgIpc) is 2.45. The molecule has 0 spiro atoms. The number of halogens is 4. The first-order chi connectivity index (χ1) is 10.4. The van der Waals surface area contributed by atoms with E-state index in [0.717, 1.165) is 0 Å². The number of rotatable bonds is 4. The molecule has 3 nitrogen and oxygen atoms in total. The minimum Gasteiger partial charge on any atom is -0.405 e. The summed E-state index contributed by atoms with van der Waals surface area (Å²) in [7, 11) is 0. The lowest BCUT2D eigenvalue weighted by molar-refractivity contribution is -0.274. The van der Waals surface area contributed by atoms with Crippen LogP contribution in [-0.4, -0.2) is 12.3 Å². The summed E-state index contributed by atoms with van der Waals surface area (Å²) in [5, 5.41) is 2.78. The summed E-state index contributed by atoms with van der Waals surface area (Å²) in [5.41, 5.74) is 0.457. The molecule has 0 heterocycles. The molecule has 2 aromatic carbocycles. The second kappa shape index (κ2) is 6.70. The molecule has 1 N–H and O–H groups in total. The van der Waals surface area contributed by atoms with Crippen LogP contribution in [0.25, 0.3) is 0 Å². The van der Waals surface area contributed by atoms with E-state index in [9.17, 15) is 18.0 Å². The first-order valence-corrected chi connectivity index (χ1v) is 6.61. The standard InChI is InChI=1S/C15H11ClF3NO2/c16-12-7-3-2-6-11(12)14(21)20-9-10-5-1-4-8-13(10)22-15(17,18)19/h1-8H,9H2,(H,20,21). The average molecular weight is 330 g/mol. The Bertz CT molecular complexity index is 674. The van der Waals surface area contributed by atoms with Crippen molar-refractivity contribution in [3.05, 3.63) is 64.7 Å². The highest BCUT2D eigenvalue weighted by molar-refractivity contribution is 6.33. The fourth-order valence-corrected chi connectivity index (χ4v) is 2.01. The number of hydrogen-bond donors (Lipinski definition) is 1. The normalized spacial score (nSPS) is 11.1. The van der Waals surface area contributed by atoms with Gasteiger partial charge >= 0.3 is 6.36 Å². The maximum atomic E-state index is 12.3. The van der Waals surface area contributed by atoms with Gasteiger partial charge in [0.2, 0.25) is 0 Å². The van der Waals surface area contributed by atoms with Crippen LogP contribution in [0.3, 0.4) is 0 Å². The first kappa shape index (κ1) is 16.2. The molecule has 0 saturated carbocycles. The molecule has 0 fully saturated rings. The zero-order chi connectivity index (χ0) is 16.2. The summed E-state index contributed by atoms with van der Waals surface area (Å²) in [6.07, 6.45) is -4.79. The number of hydrogen-bond acceptors (Lipinski definition) is 2. The minimum absolute atomic E-state index is 0.115. The zero-order valence-corrected chi connectivity index (χ0v) is 11.9. The highest BCUT2D eigenvalue weighted by atomic mass is 35.5. The van der Waals surface area contributed by atoms with E-state index < -0.39 is 12.3 Å². The Morgan fingerprint density at radius 1 is 1.09 bits per heavy atom. The van der Waals surface area contributed by atoms with Crippen LogP contribution in [0.2, 0.25) is 5.02 Å². The van der Waals surface area contributed by atoms with E-state index in [4.69, 9.17) is 11.6 Å². The second-order valence-electron chi connectivity index (χ2n) is 4.32. The minimum atomic E-state index is -4.79. The molecule has 2 aromatic rings. The van der Waals surface area contributed by atoms with Crippen LogP contribution in [0.4, 0.5) is 13.2 Å². The summed E-state index contributed by atoms with van der Waals surface area (Å²) in [5.74, 6) is -0.832. The van der Waals surface area contributed by atoms with Crippen molar-refractivity contribution in [3.63, 3.8) is 0 Å². The number of nitrogens with one attached hydrogen (secondary N) is 1. The van der Waals surface area contributed by atoms with Crippen molar-refractivity contribution in [1.82, 2.24) is 5.32 Å². The predicted molar refractivity (Wildman–Crippen MR) is 75.7 cm³/mol. The maximum absolute atomic E-state index is 12.3. The van der Waals surface area contributed by atoms with E-state index in [1.165, 1.54) is 24.3 Å². The van der Waals surface area contributed by atoms with E-state index in [1.54, 1.807) is 24.3 Å². The monoisotopic (exact) mass is 329 g/mol. The molecule has 2 rings (SSSR count). The quantitative estimate of drug-likeness (QED) is 0.914. The lowest BCUT2D eigenvalue weighted by Gasteiger charge is -2.13. The number of para-hydroxylation sites is 1. The van der Waals surface area contributed by atoms with E-state index in [1.807, 2.05) is 0 Å². The molecule has 116 valence electrons. The Kier molecular flexibility index (Phi) is 4.92. The lowest BCUT2D eigenvalue weighted by atomic mass is 10.1. The number of ether oxygens (including phenoxy) is 1. The van der Waals surface area contributed by atoms with Crippen LogP contribution < -0.4 is 10.1 Å². The Hall–Kier alpha value is -2.21. The van der Waals surface area contributed by atoms with Gasteiger partial charge in [-0.15, -0.1) is 13.2 Å². The van der Waals surface area contributed by atoms with Gasteiger partial charge in [0.05, 0.1) is 10.6 Å². The summed E-state index contributed by atoms with van der Waals surface area (Å²) >= 11 is 5.88. The van der Waals surface area contributed by atoms with Crippen LogP contribution in [-0.2, 0) is 6.54 Å². The van der Waals surface area contributed by atoms with Crippen LogP contribution >= 0.6 is 11.6 Å². The van der Waals surface area contributed by atoms with Gasteiger partial charge in [-0.1, -0.05) is 41.9 Å². The molecule has 0 aliphatic heterocycles. The van der Waals surface area contributed by atoms with Gasteiger partial charge in [0.25, 0.3) is 5.91 Å². The van der Waals surface area contributed by atoms with Gasteiger partial charge in [-0.25, -0.2) is 0 Å². The third-order valence-corrected chi connectivity index (χ3v) is 3.09. The SMILES string of the molecule is O=C(NCc1ccccc1OC(F)(F)F)c1ccccc1Cl. The number of carbonyl (C=O) groups is 1. The largest absolute Gasteiger partial charge is 0.573 e. The van der Waals surface area contributed by atoms with Gasteiger partial charge in [-0.05, 0) is 18.2 Å². The summed E-state index contributed by atoms with van der Waals surface area (Å²) in [6, 6.07) is 12.0. The molecule has 0 aromatic heterocycles. The molecule has 0 atom stereocenters. The molecule has 0 bridgehead atoms. The van der Waals surface area contributed by atoms with Gasteiger partial charge in [0, 0.05) is 12.1 Å². The predicted octanol–water partition coefficient (Wildman–Crippen LogP) is 4.17. The second-order valence-corrected chi connectivity index (χ2v) is 4.73. The van der Waals surface area contributed by atoms with Crippen LogP contribution in [0, 0.1) is 0 Å². The van der Waals surface area contributed by atoms with Crippen molar-refractivity contribution in [1.29, 1.82) is 0 Å². The topological polar surface area (TPSA) is 38.3 Å². The van der Waals surface area contributed by atoms with Crippen LogP contribution in [0.15, 0.2) is 48.5 Å². The summed E-state index contributed by atoms with van der Waals surface area (Å²) < 4.78 is 40.9. The number of benzene rings is 2. The van der Waals surface area contributed by atoms with Crippen molar-refractivity contribution >= 4 is 17.5 Å². The Balaban J connectivity index is 2.09. The molecule has 0 aliphatic rings. The van der Waals surface area contributed by atoms with Gasteiger partial charge < -0.3 is 10.1 Å². The molecule has 22 heavy (non-hydrogen) atoms. The first-order valence-electron chi connectivity index (χ1n) is 6.23. The van der Waals surface area contributed by atoms with E-state index in [-0.39, 0.29) is 28.4 Å². The number of alkyl halides is 3. The van der Waals surface area contributed by atoms with Crippen molar-refractivity contribution in [3.8, 4) is 5.75 Å². The highest BCUT2D eigenvalue weighted by Gasteiger charge is 2.32. The van der Waals surface area contributed by atoms with Gasteiger partial charge in [0.1, 0.15) is 5.75 Å². The highest BCUT2D eigenvalue weighted by Crippen LogP contribution is 2.26. The molecule has 0 unspecified atom stereocenters. The fourth-order valence-electron chi connectivity index (χ4n) is 1.79. The van der Waals surface area contributed by atoms with E-state index in [2.05, 4.69) is 10.1 Å². The molecule has 0 radical (unpaired) electrons. The van der Waals surface area contributed by atoms with Gasteiger partial charge in [0.15, 0.2) is 0 Å². The Labute approximate surface area is 129 Å².